The van der Waals surface area contributed by atoms with Gasteiger partial charge in [-0.2, -0.15) is 0 Å². The number of aromatic nitrogens is 2. The molecule has 0 bridgehead atoms. The van der Waals surface area contributed by atoms with Crippen LogP contribution in [-0.2, 0) is 16.6 Å². The van der Waals surface area contributed by atoms with Crippen LogP contribution in [0, 0.1) is 6.92 Å². The number of carbonyl (C=O) groups is 2. The van der Waals surface area contributed by atoms with Gasteiger partial charge in [-0.1, -0.05) is 26.2 Å². The molecule has 2 heterocycles. The van der Waals surface area contributed by atoms with E-state index < -0.39 is 5.97 Å². The van der Waals surface area contributed by atoms with E-state index in [0.717, 1.165) is 37.0 Å². The van der Waals surface area contributed by atoms with Crippen molar-refractivity contribution in [1.29, 1.82) is 0 Å². The Morgan fingerprint density at radius 2 is 2.12 bits per heavy atom. The van der Waals surface area contributed by atoms with Crippen molar-refractivity contribution in [2.45, 2.75) is 52.5 Å². The predicted octanol–water partition coefficient (Wildman–Crippen LogP) is 2.55. The van der Waals surface area contributed by atoms with E-state index in [0.29, 0.717) is 20.7 Å². The van der Waals surface area contributed by atoms with Gasteiger partial charge in [-0.15, -0.1) is 11.3 Å². The van der Waals surface area contributed by atoms with Crippen LogP contribution in [0.3, 0.4) is 0 Å². The Kier molecular flexibility index (Phi) is 6.90. The average Bonchev–Trinajstić information content (AvgIpc) is 2.93. The second kappa shape index (κ2) is 8.93. The molecule has 2 aromatic rings. The number of aryl methyl sites for hydroxylation is 2. The highest BCUT2D eigenvalue weighted by atomic mass is 32.1. The number of fused-ring (bicyclic) bond motifs is 1. The molecule has 8 heteroatoms. The second-order valence-corrected chi connectivity index (χ2v) is 7.44. The normalized spacial score (nSPS) is 12.2. The fourth-order valence-corrected chi connectivity index (χ4v) is 3.72. The highest BCUT2D eigenvalue weighted by molar-refractivity contribution is 7.20. The molecule has 0 radical (unpaired) electrons. The van der Waals surface area contributed by atoms with Crippen LogP contribution >= 0.6 is 11.3 Å². The lowest BCUT2D eigenvalue weighted by atomic mass is 10.1. The molecule has 0 aromatic carbocycles. The molecule has 26 heavy (non-hydrogen) atoms. The maximum absolute atomic E-state index is 12.3. The number of amides is 1. The van der Waals surface area contributed by atoms with E-state index in [1.807, 2.05) is 6.92 Å². The zero-order chi connectivity index (χ0) is 19.3. The molecule has 0 spiro atoms. The van der Waals surface area contributed by atoms with Gasteiger partial charge in [0.05, 0.1) is 11.7 Å². The number of thiophene rings is 1. The van der Waals surface area contributed by atoms with Gasteiger partial charge in [-0.3, -0.25) is 9.59 Å². The lowest BCUT2D eigenvalue weighted by Crippen LogP contribution is -2.35. The first-order chi connectivity index (χ1) is 12.3. The monoisotopic (exact) mass is 379 g/mol. The number of rotatable bonds is 8. The van der Waals surface area contributed by atoms with E-state index in [9.17, 15) is 14.4 Å². The lowest BCUT2D eigenvalue weighted by Gasteiger charge is -2.13. The van der Waals surface area contributed by atoms with Gasteiger partial charge in [0.25, 0.3) is 11.5 Å². The Labute approximate surface area is 156 Å². The highest BCUT2D eigenvalue weighted by Crippen LogP contribution is 2.27. The van der Waals surface area contributed by atoms with Gasteiger partial charge in [0, 0.05) is 13.1 Å². The second-order valence-electron chi connectivity index (χ2n) is 6.44. The van der Waals surface area contributed by atoms with Gasteiger partial charge in [-0.25, -0.2) is 9.78 Å². The molecule has 1 atom stereocenters. The summed E-state index contributed by atoms with van der Waals surface area (Å²) in [5.74, 6) is -0.934. The van der Waals surface area contributed by atoms with Crippen molar-refractivity contribution in [3.05, 3.63) is 27.1 Å². The number of unbranched alkanes of at least 4 members (excludes halogenated alkanes) is 2. The number of ether oxygens (including phenoxy) is 1. The SMILES string of the molecule is CCCCCC(C)NC(=O)COC(=O)c1sc2ncn(C)c(=O)c2c1C. The standard InChI is InChI=1S/C18H25N3O4S/c1-5-6-7-8-11(2)20-13(22)9-25-18(24)15-12(3)14-16(26-15)19-10-21(4)17(14)23/h10-11H,5-9H2,1-4H3,(H,20,22). The Bertz CT molecular complexity index is 856. The third-order valence-corrected chi connectivity index (χ3v) is 5.36. The molecule has 1 amide bonds. The molecule has 0 saturated heterocycles. The molecule has 7 nitrogen and oxygen atoms in total. The molecule has 1 unspecified atom stereocenters. The molecule has 2 rings (SSSR count). The predicted molar refractivity (Wildman–Crippen MR) is 102 cm³/mol. The maximum Gasteiger partial charge on any atom is 0.349 e. The fraction of sp³-hybridized carbons (Fsp3) is 0.556. The van der Waals surface area contributed by atoms with Crippen molar-refractivity contribution in [3.63, 3.8) is 0 Å². The molecular weight excluding hydrogens is 354 g/mol. The van der Waals surface area contributed by atoms with E-state index in [4.69, 9.17) is 4.74 Å². The molecule has 0 aliphatic carbocycles. The molecule has 0 saturated carbocycles. The van der Waals surface area contributed by atoms with Crippen LogP contribution in [0.1, 0.15) is 54.8 Å². The quantitative estimate of drug-likeness (QED) is 0.562. The summed E-state index contributed by atoms with van der Waals surface area (Å²) in [4.78, 5) is 41.4. The third kappa shape index (κ3) is 4.69. The summed E-state index contributed by atoms with van der Waals surface area (Å²) >= 11 is 1.10. The molecule has 1 N–H and O–H groups in total. The lowest BCUT2D eigenvalue weighted by molar-refractivity contribution is -0.124. The molecule has 2 aromatic heterocycles. The summed E-state index contributed by atoms with van der Waals surface area (Å²) < 4.78 is 6.49. The Morgan fingerprint density at radius 3 is 2.81 bits per heavy atom. The van der Waals surface area contributed by atoms with E-state index in [-0.39, 0.29) is 24.1 Å². The first-order valence-electron chi connectivity index (χ1n) is 8.76. The van der Waals surface area contributed by atoms with Gasteiger partial charge in [0.2, 0.25) is 0 Å². The number of hydrogen-bond donors (Lipinski definition) is 1. The van der Waals surface area contributed by atoms with Crippen molar-refractivity contribution < 1.29 is 14.3 Å². The van der Waals surface area contributed by atoms with Gasteiger partial charge in [0.1, 0.15) is 9.71 Å². The van der Waals surface area contributed by atoms with Crippen LogP contribution in [0.15, 0.2) is 11.1 Å². The first kappa shape index (κ1) is 20.1. The highest BCUT2D eigenvalue weighted by Gasteiger charge is 2.21. The zero-order valence-corrected chi connectivity index (χ0v) is 16.4. The molecule has 0 fully saturated rings. The minimum Gasteiger partial charge on any atom is -0.451 e. The summed E-state index contributed by atoms with van der Waals surface area (Å²) in [7, 11) is 1.61. The molecule has 142 valence electrons. The van der Waals surface area contributed by atoms with Crippen LogP contribution in [0.5, 0.6) is 0 Å². The summed E-state index contributed by atoms with van der Waals surface area (Å²) in [6.45, 7) is 5.42. The van der Waals surface area contributed by atoms with Crippen LogP contribution < -0.4 is 10.9 Å². The minimum absolute atomic E-state index is 0.0473. The maximum atomic E-state index is 12.3. The number of hydrogen-bond acceptors (Lipinski definition) is 6. The van der Waals surface area contributed by atoms with Crippen molar-refractivity contribution in [2.24, 2.45) is 7.05 Å². The van der Waals surface area contributed by atoms with E-state index in [1.165, 1.54) is 10.9 Å². The summed E-state index contributed by atoms with van der Waals surface area (Å²) in [6, 6.07) is 0.0473. The van der Waals surface area contributed by atoms with Crippen LogP contribution in [0.2, 0.25) is 0 Å². The van der Waals surface area contributed by atoms with E-state index >= 15 is 0 Å². The zero-order valence-electron chi connectivity index (χ0n) is 15.6. The summed E-state index contributed by atoms with van der Waals surface area (Å²) in [6.07, 6.45) is 5.64. The van der Waals surface area contributed by atoms with Crippen LogP contribution in [-0.4, -0.2) is 34.1 Å². The number of carbonyl (C=O) groups excluding carboxylic acids is 2. The van der Waals surface area contributed by atoms with Crippen LogP contribution in [0.25, 0.3) is 10.2 Å². The van der Waals surface area contributed by atoms with Crippen molar-refractivity contribution in [2.75, 3.05) is 6.61 Å². The topological polar surface area (TPSA) is 90.3 Å². The average molecular weight is 379 g/mol. The molecule has 0 aliphatic heterocycles. The Hall–Kier alpha value is -2.22. The third-order valence-electron chi connectivity index (χ3n) is 4.18. The largest absolute Gasteiger partial charge is 0.451 e. The number of nitrogens with zero attached hydrogens (tertiary/aromatic N) is 2. The van der Waals surface area contributed by atoms with E-state index in [2.05, 4.69) is 17.2 Å². The Balaban J connectivity index is 1.97. The van der Waals surface area contributed by atoms with Crippen LogP contribution in [0.4, 0.5) is 0 Å². The smallest absolute Gasteiger partial charge is 0.349 e. The van der Waals surface area contributed by atoms with Gasteiger partial charge in [-0.05, 0) is 25.8 Å². The molecule has 0 aliphatic rings. The van der Waals surface area contributed by atoms with Crippen molar-refractivity contribution in [1.82, 2.24) is 14.9 Å². The summed E-state index contributed by atoms with van der Waals surface area (Å²) in [5, 5.41) is 3.24. The van der Waals surface area contributed by atoms with Gasteiger partial charge < -0.3 is 14.6 Å². The number of esters is 1. The van der Waals surface area contributed by atoms with E-state index in [1.54, 1.807) is 14.0 Å². The van der Waals surface area contributed by atoms with Crippen molar-refractivity contribution >= 4 is 33.4 Å². The van der Waals surface area contributed by atoms with Gasteiger partial charge >= 0.3 is 5.97 Å². The van der Waals surface area contributed by atoms with Crippen molar-refractivity contribution in [3.8, 4) is 0 Å². The van der Waals surface area contributed by atoms with Gasteiger partial charge in [0.15, 0.2) is 6.61 Å². The minimum atomic E-state index is -0.610. The summed E-state index contributed by atoms with van der Waals surface area (Å²) in [5.41, 5.74) is 0.332. The Morgan fingerprint density at radius 1 is 1.38 bits per heavy atom. The first-order valence-corrected chi connectivity index (χ1v) is 9.58. The number of nitrogens with one attached hydrogen (secondary N) is 1. The fourth-order valence-electron chi connectivity index (χ4n) is 2.69. The molecular formula is C18H25N3O4S.